The minimum Gasteiger partial charge on any atom is -0.451 e. The third-order valence-electron chi connectivity index (χ3n) is 3.79. The molecule has 1 aromatic heterocycles. The zero-order valence-electron chi connectivity index (χ0n) is 11.4. The van der Waals surface area contributed by atoms with Crippen LogP contribution in [0.5, 0.6) is 0 Å². The van der Waals surface area contributed by atoms with Crippen LogP contribution in [-0.4, -0.2) is 25.0 Å². The number of halogens is 1. The molecule has 2 heterocycles. The number of carbonyl (C=O) groups is 1. The van der Waals surface area contributed by atoms with Gasteiger partial charge in [0, 0.05) is 18.0 Å². The van der Waals surface area contributed by atoms with Crippen LogP contribution >= 0.6 is 12.4 Å². The number of hydrogen-bond acceptors (Lipinski definition) is 3. The number of para-hydroxylation sites is 1. The van der Waals surface area contributed by atoms with E-state index in [1.807, 2.05) is 24.3 Å². The molecule has 4 nitrogen and oxygen atoms in total. The van der Waals surface area contributed by atoms with Crippen LogP contribution < -0.4 is 10.6 Å². The predicted octanol–water partition coefficient (Wildman–Crippen LogP) is 2.58. The lowest BCUT2D eigenvalue weighted by molar-refractivity contribution is 0.0889. The summed E-state index contributed by atoms with van der Waals surface area (Å²) in [6.07, 6.45) is 1.09. The van der Waals surface area contributed by atoms with Gasteiger partial charge in [0.15, 0.2) is 5.76 Å². The van der Waals surface area contributed by atoms with Gasteiger partial charge in [-0.3, -0.25) is 4.79 Å². The highest BCUT2D eigenvalue weighted by Crippen LogP contribution is 2.19. The van der Waals surface area contributed by atoms with Gasteiger partial charge < -0.3 is 15.1 Å². The van der Waals surface area contributed by atoms with E-state index in [1.54, 1.807) is 6.07 Å². The van der Waals surface area contributed by atoms with Crippen molar-refractivity contribution in [3.8, 4) is 0 Å². The number of nitrogens with one attached hydrogen (secondary N) is 2. The summed E-state index contributed by atoms with van der Waals surface area (Å²) in [6.45, 7) is 4.02. The van der Waals surface area contributed by atoms with Crippen molar-refractivity contribution in [1.29, 1.82) is 0 Å². The van der Waals surface area contributed by atoms with E-state index >= 15 is 0 Å². The molecular weight excluding hydrogens is 276 g/mol. The van der Waals surface area contributed by atoms with Crippen molar-refractivity contribution in [2.24, 2.45) is 5.92 Å². The van der Waals surface area contributed by atoms with E-state index in [4.69, 9.17) is 4.42 Å². The number of furan rings is 1. The lowest BCUT2D eigenvalue weighted by atomic mass is 9.95. The number of carbonyl (C=O) groups excluding carboxylic acids is 1. The smallest absolute Gasteiger partial charge is 0.287 e. The second kappa shape index (κ2) is 6.29. The minimum atomic E-state index is -0.128. The second-order valence-electron chi connectivity index (χ2n) is 5.20. The number of piperidine rings is 1. The summed E-state index contributed by atoms with van der Waals surface area (Å²) in [4.78, 5) is 12.2. The van der Waals surface area contributed by atoms with Crippen molar-refractivity contribution in [3.63, 3.8) is 0 Å². The molecule has 0 saturated carbocycles. The van der Waals surface area contributed by atoms with Gasteiger partial charge in [-0.1, -0.05) is 25.1 Å². The molecule has 0 aliphatic carbocycles. The van der Waals surface area contributed by atoms with Gasteiger partial charge in [-0.15, -0.1) is 12.4 Å². The van der Waals surface area contributed by atoms with Gasteiger partial charge in [0.1, 0.15) is 5.58 Å². The van der Waals surface area contributed by atoms with Gasteiger partial charge in [0.25, 0.3) is 5.91 Å². The maximum Gasteiger partial charge on any atom is 0.287 e. The minimum absolute atomic E-state index is 0. The van der Waals surface area contributed by atoms with E-state index in [0.717, 1.165) is 30.5 Å². The molecule has 2 aromatic rings. The molecule has 3 rings (SSSR count). The summed E-state index contributed by atoms with van der Waals surface area (Å²) in [7, 11) is 0. The maximum atomic E-state index is 12.2. The Morgan fingerprint density at radius 2 is 2.20 bits per heavy atom. The molecule has 0 radical (unpaired) electrons. The lowest BCUT2D eigenvalue weighted by Crippen LogP contribution is -2.50. The first-order valence-corrected chi connectivity index (χ1v) is 6.74. The van der Waals surface area contributed by atoms with Crippen molar-refractivity contribution in [3.05, 3.63) is 36.1 Å². The van der Waals surface area contributed by atoms with Crippen LogP contribution in [0, 0.1) is 5.92 Å². The van der Waals surface area contributed by atoms with Gasteiger partial charge in [0.05, 0.1) is 0 Å². The van der Waals surface area contributed by atoms with Crippen LogP contribution in [0.25, 0.3) is 11.0 Å². The van der Waals surface area contributed by atoms with Crippen LogP contribution in [-0.2, 0) is 0 Å². The van der Waals surface area contributed by atoms with Gasteiger partial charge in [-0.2, -0.15) is 0 Å². The van der Waals surface area contributed by atoms with Crippen molar-refractivity contribution in [2.75, 3.05) is 13.1 Å². The van der Waals surface area contributed by atoms with Gasteiger partial charge >= 0.3 is 0 Å². The lowest BCUT2D eigenvalue weighted by Gasteiger charge is -2.29. The molecule has 0 spiro atoms. The number of amides is 1. The quantitative estimate of drug-likeness (QED) is 0.895. The van der Waals surface area contributed by atoms with Crippen LogP contribution in [0.1, 0.15) is 23.9 Å². The fourth-order valence-electron chi connectivity index (χ4n) is 2.52. The fraction of sp³-hybridized carbons (Fsp3) is 0.400. The standard InChI is InChI=1S/C15H18N2O2.ClH/c1-10-6-7-16-9-12(10)17-15(18)14-8-11-4-2-3-5-13(11)19-14;/h2-5,8,10,12,16H,6-7,9H2,1H3,(H,17,18);1H. The van der Waals surface area contributed by atoms with E-state index in [1.165, 1.54) is 0 Å². The fourth-order valence-corrected chi connectivity index (χ4v) is 2.52. The largest absolute Gasteiger partial charge is 0.451 e. The molecule has 1 fully saturated rings. The highest BCUT2D eigenvalue weighted by Gasteiger charge is 2.24. The number of benzene rings is 1. The first kappa shape index (κ1) is 14.9. The monoisotopic (exact) mass is 294 g/mol. The summed E-state index contributed by atoms with van der Waals surface area (Å²) in [5, 5.41) is 7.31. The Hall–Kier alpha value is -1.52. The van der Waals surface area contributed by atoms with Crippen LogP contribution in [0.4, 0.5) is 0 Å². The Bertz CT molecular complexity index is 563. The normalized spacial score (nSPS) is 22.2. The molecule has 0 bridgehead atoms. The summed E-state index contributed by atoms with van der Waals surface area (Å²) in [6, 6.07) is 9.63. The Morgan fingerprint density at radius 3 is 2.95 bits per heavy atom. The van der Waals surface area contributed by atoms with Crippen molar-refractivity contribution < 1.29 is 9.21 Å². The van der Waals surface area contributed by atoms with E-state index < -0.39 is 0 Å². The Kier molecular flexibility index (Phi) is 4.68. The highest BCUT2D eigenvalue weighted by atomic mass is 35.5. The summed E-state index contributed by atoms with van der Waals surface area (Å²) in [5.74, 6) is 0.755. The third-order valence-corrected chi connectivity index (χ3v) is 3.79. The molecule has 2 unspecified atom stereocenters. The number of hydrogen-bond donors (Lipinski definition) is 2. The van der Waals surface area contributed by atoms with Crippen molar-refractivity contribution in [2.45, 2.75) is 19.4 Å². The van der Waals surface area contributed by atoms with Crippen molar-refractivity contribution in [1.82, 2.24) is 10.6 Å². The van der Waals surface area contributed by atoms with E-state index in [-0.39, 0.29) is 24.4 Å². The Balaban J connectivity index is 0.00000147. The average molecular weight is 295 g/mol. The molecule has 108 valence electrons. The van der Waals surface area contributed by atoms with Gasteiger partial charge in [-0.05, 0) is 31.0 Å². The molecule has 1 aliphatic rings. The summed E-state index contributed by atoms with van der Waals surface area (Å²) in [5.41, 5.74) is 0.752. The average Bonchev–Trinajstić information content (AvgIpc) is 2.85. The molecular formula is C15H19ClN2O2. The van der Waals surface area contributed by atoms with E-state index in [2.05, 4.69) is 17.6 Å². The van der Waals surface area contributed by atoms with Crippen LogP contribution in [0.15, 0.2) is 34.7 Å². The molecule has 20 heavy (non-hydrogen) atoms. The first-order valence-electron chi connectivity index (χ1n) is 6.74. The topological polar surface area (TPSA) is 54.3 Å². The SMILES string of the molecule is CC1CCNCC1NC(=O)c1cc2ccccc2o1.Cl. The molecule has 2 atom stereocenters. The zero-order valence-corrected chi connectivity index (χ0v) is 12.2. The van der Waals surface area contributed by atoms with Crippen LogP contribution in [0.2, 0.25) is 0 Å². The van der Waals surface area contributed by atoms with Gasteiger partial charge in [-0.25, -0.2) is 0 Å². The van der Waals surface area contributed by atoms with E-state index in [0.29, 0.717) is 11.7 Å². The highest BCUT2D eigenvalue weighted by molar-refractivity contribution is 5.96. The van der Waals surface area contributed by atoms with Crippen molar-refractivity contribution >= 4 is 29.3 Å². The molecule has 1 amide bonds. The predicted molar refractivity (Wildman–Crippen MR) is 81.4 cm³/mol. The molecule has 2 N–H and O–H groups in total. The second-order valence-corrected chi connectivity index (χ2v) is 5.20. The molecule has 1 saturated heterocycles. The maximum absolute atomic E-state index is 12.2. The Morgan fingerprint density at radius 1 is 1.40 bits per heavy atom. The van der Waals surface area contributed by atoms with E-state index in [9.17, 15) is 4.79 Å². The zero-order chi connectivity index (χ0) is 13.2. The van der Waals surface area contributed by atoms with Crippen LogP contribution in [0.3, 0.4) is 0 Å². The van der Waals surface area contributed by atoms with Gasteiger partial charge in [0.2, 0.25) is 0 Å². The number of rotatable bonds is 2. The molecule has 5 heteroatoms. The first-order chi connectivity index (χ1) is 9.24. The third kappa shape index (κ3) is 2.97. The summed E-state index contributed by atoms with van der Waals surface area (Å²) < 4.78 is 5.57. The molecule has 1 aromatic carbocycles. The number of fused-ring (bicyclic) bond motifs is 1. The Labute approximate surface area is 124 Å². The summed E-state index contributed by atoms with van der Waals surface area (Å²) >= 11 is 0. The molecule has 1 aliphatic heterocycles.